The highest BCUT2D eigenvalue weighted by Gasteiger charge is 2.27. The summed E-state index contributed by atoms with van der Waals surface area (Å²) in [7, 11) is 0. The zero-order valence-electron chi connectivity index (χ0n) is 25.0. The third-order valence-corrected chi connectivity index (χ3v) is 10.2. The van der Waals surface area contributed by atoms with Crippen molar-refractivity contribution in [3.8, 4) is 0 Å². The molecule has 2 aromatic carbocycles. The second-order valence-electron chi connectivity index (χ2n) is 13.4. The van der Waals surface area contributed by atoms with Crippen molar-refractivity contribution in [1.29, 1.82) is 0 Å². The van der Waals surface area contributed by atoms with Crippen LogP contribution in [-0.4, -0.2) is 29.5 Å². The van der Waals surface area contributed by atoms with E-state index in [1.165, 1.54) is 70.8 Å². The number of nitrogens with two attached hydrogens (primary N) is 1. The number of aromatic nitrogens is 1. The number of benzene rings is 2. The molecule has 2 aliphatic carbocycles. The molecule has 1 aliphatic heterocycles. The molecule has 1 unspecified atom stereocenters. The summed E-state index contributed by atoms with van der Waals surface area (Å²) in [6, 6.07) is 16.3. The Morgan fingerprint density at radius 1 is 1.00 bits per heavy atom. The minimum atomic E-state index is 0.0700. The molecule has 1 aromatic heterocycles. The van der Waals surface area contributed by atoms with E-state index < -0.39 is 0 Å². The average molecular weight is 552 g/mol. The summed E-state index contributed by atoms with van der Waals surface area (Å²) in [6.45, 7) is 5.22. The molecule has 0 saturated heterocycles. The van der Waals surface area contributed by atoms with E-state index in [4.69, 9.17) is 5.73 Å². The maximum atomic E-state index is 13.8. The summed E-state index contributed by atoms with van der Waals surface area (Å²) < 4.78 is 2.54. The highest BCUT2D eigenvalue weighted by Crippen LogP contribution is 2.39. The van der Waals surface area contributed by atoms with Crippen LogP contribution in [0.15, 0.2) is 54.7 Å². The molecule has 2 heterocycles. The molecule has 3 aliphatic rings. The largest absolute Gasteiger partial charge is 0.347 e. The Bertz CT molecular complexity index is 1370. The maximum absolute atomic E-state index is 13.8. The fourth-order valence-electron chi connectivity index (χ4n) is 7.81. The number of rotatable bonds is 9. The predicted molar refractivity (Wildman–Crippen MR) is 171 cm³/mol. The topological polar surface area (TPSA) is 60.1 Å². The molecule has 3 aromatic rings. The van der Waals surface area contributed by atoms with Crippen LogP contribution < -0.4 is 11.1 Å². The minimum Gasteiger partial charge on any atom is -0.347 e. The predicted octanol–water partition coefficient (Wildman–Crippen LogP) is 7.91. The van der Waals surface area contributed by atoms with Gasteiger partial charge in [-0.05, 0) is 105 Å². The molecule has 0 bridgehead atoms. The van der Waals surface area contributed by atoms with Gasteiger partial charge < -0.3 is 15.6 Å². The van der Waals surface area contributed by atoms with Gasteiger partial charge >= 0.3 is 0 Å². The molecule has 3 N–H and O–H groups in total. The highest BCUT2D eigenvalue weighted by atomic mass is 16.1. The number of hydrogen-bond donors (Lipinski definition) is 2. The fraction of sp³-hybridized carbons (Fsp3) is 0.541. The van der Waals surface area contributed by atoms with Gasteiger partial charge in [-0.3, -0.25) is 4.79 Å². The molecule has 4 nitrogen and oxygen atoms in total. The molecular formula is C37H49N3O. The van der Waals surface area contributed by atoms with Crippen molar-refractivity contribution in [2.24, 2.45) is 17.6 Å². The van der Waals surface area contributed by atoms with Gasteiger partial charge in [0.15, 0.2) is 0 Å². The summed E-state index contributed by atoms with van der Waals surface area (Å²) in [5.74, 6) is 1.71. The maximum Gasteiger partial charge on any atom is 0.134 e. The Morgan fingerprint density at radius 2 is 1.83 bits per heavy atom. The molecule has 2 fully saturated rings. The SMILES string of the molecule is Cc1cccc(C(CC(=O)CC2CCC(N)CC2)c2cn(CC3CCCCC3)c3ccc(C4=CCNCC4)cc23)c1. The van der Waals surface area contributed by atoms with E-state index in [1.807, 2.05) is 0 Å². The van der Waals surface area contributed by atoms with E-state index >= 15 is 0 Å². The summed E-state index contributed by atoms with van der Waals surface area (Å²) in [5, 5.41) is 4.79. The van der Waals surface area contributed by atoms with Crippen molar-refractivity contribution >= 4 is 22.3 Å². The van der Waals surface area contributed by atoms with E-state index in [2.05, 4.69) is 71.5 Å². The molecule has 0 amide bonds. The molecule has 2 saturated carbocycles. The van der Waals surface area contributed by atoms with Crippen molar-refractivity contribution in [2.75, 3.05) is 13.1 Å². The quantitative estimate of drug-likeness (QED) is 0.284. The lowest BCUT2D eigenvalue weighted by Gasteiger charge is -2.26. The van der Waals surface area contributed by atoms with Gasteiger partial charge in [0.2, 0.25) is 0 Å². The van der Waals surface area contributed by atoms with E-state index in [-0.39, 0.29) is 5.92 Å². The van der Waals surface area contributed by atoms with Crippen LogP contribution in [0.25, 0.3) is 16.5 Å². The van der Waals surface area contributed by atoms with Gasteiger partial charge in [-0.2, -0.15) is 0 Å². The molecule has 41 heavy (non-hydrogen) atoms. The van der Waals surface area contributed by atoms with Crippen LogP contribution in [0.5, 0.6) is 0 Å². The van der Waals surface area contributed by atoms with Crippen LogP contribution in [0, 0.1) is 18.8 Å². The number of nitrogens with one attached hydrogen (secondary N) is 1. The summed E-state index contributed by atoms with van der Waals surface area (Å²) in [4.78, 5) is 13.8. The highest BCUT2D eigenvalue weighted by molar-refractivity contribution is 5.90. The first-order valence-corrected chi connectivity index (χ1v) is 16.4. The van der Waals surface area contributed by atoms with Crippen LogP contribution in [0.3, 0.4) is 0 Å². The lowest BCUT2D eigenvalue weighted by Crippen LogP contribution is -2.27. The normalized spacial score (nSPS) is 22.9. The van der Waals surface area contributed by atoms with Gasteiger partial charge in [-0.25, -0.2) is 0 Å². The number of ketones is 1. The van der Waals surface area contributed by atoms with Crippen LogP contribution in [-0.2, 0) is 11.3 Å². The summed E-state index contributed by atoms with van der Waals surface area (Å²) in [6.07, 6.45) is 18.2. The number of fused-ring (bicyclic) bond motifs is 1. The van der Waals surface area contributed by atoms with Crippen molar-refractivity contribution in [3.05, 3.63) is 77.0 Å². The summed E-state index contributed by atoms with van der Waals surface area (Å²) >= 11 is 0. The third-order valence-electron chi connectivity index (χ3n) is 10.2. The zero-order chi connectivity index (χ0) is 28.2. The van der Waals surface area contributed by atoms with Gasteiger partial charge in [0, 0.05) is 55.0 Å². The number of aryl methyl sites for hydroxylation is 1. The standard InChI is InChI=1S/C37H49N3O/c1-26-6-5-9-31(20-26)34(23-33(41)21-27-10-13-32(38)14-11-27)36-25-40(24-28-7-3-2-4-8-28)37-15-12-30(22-35(36)37)29-16-18-39-19-17-29/h5-6,9,12,15-16,20,22,25,27-28,32,34,39H,2-4,7-8,10-11,13-14,17-19,21,23-24,38H2,1H3. The molecule has 4 heteroatoms. The Hall–Kier alpha value is -2.69. The number of hydrogen-bond acceptors (Lipinski definition) is 3. The zero-order valence-corrected chi connectivity index (χ0v) is 25.0. The Morgan fingerprint density at radius 3 is 2.59 bits per heavy atom. The van der Waals surface area contributed by atoms with Crippen molar-refractivity contribution in [1.82, 2.24) is 9.88 Å². The van der Waals surface area contributed by atoms with E-state index in [9.17, 15) is 4.79 Å². The molecular weight excluding hydrogens is 502 g/mol. The first kappa shape index (κ1) is 28.4. The molecule has 6 rings (SSSR count). The average Bonchev–Trinajstić information content (AvgIpc) is 3.35. The van der Waals surface area contributed by atoms with Gasteiger partial charge in [0.1, 0.15) is 5.78 Å². The molecule has 1 atom stereocenters. The Labute approximate surface area is 246 Å². The van der Waals surface area contributed by atoms with Crippen LogP contribution >= 0.6 is 0 Å². The van der Waals surface area contributed by atoms with Gasteiger partial charge in [-0.1, -0.05) is 61.2 Å². The van der Waals surface area contributed by atoms with Crippen LogP contribution in [0.1, 0.15) is 105 Å². The second kappa shape index (κ2) is 13.1. The van der Waals surface area contributed by atoms with Gasteiger partial charge in [-0.15, -0.1) is 0 Å². The Balaban J connectivity index is 1.38. The molecule has 0 radical (unpaired) electrons. The van der Waals surface area contributed by atoms with E-state index in [0.717, 1.165) is 57.7 Å². The van der Waals surface area contributed by atoms with Crippen molar-refractivity contribution in [3.63, 3.8) is 0 Å². The fourth-order valence-corrected chi connectivity index (χ4v) is 7.81. The van der Waals surface area contributed by atoms with Gasteiger partial charge in [0.25, 0.3) is 0 Å². The smallest absolute Gasteiger partial charge is 0.134 e. The van der Waals surface area contributed by atoms with Gasteiger partial charge in [0.05, 0.1) is 0 Å². The lowest BCUT2D eigenvalue weighted by molar-refractivity contribution is -0.120. The first-order chi connectivity index (χ1) is 20.0. The molecule has 0 spiro atoms. The number of carbonyl (C=O) groups is 1. The number of Topliss-reactive ketones (excluding diaryl/α,β-unsaturated/α-hetero) is 1. The lowest BCUT2D eigenvalue weighted by atomic mass is 9.80. The monoisotopic (exact) mass is 551 g/mol. The summed E-state index contributed by atoms with van der Waals surface area (Å²) in [5.41, 5.74) is 14.1. The van der Waals surface area contributed by atoms with E-state index in [0.29, 0.717) is 30.6 Å². The Kier molecular flexibility index (Phi) is 9.07. The molecule has 218 valence electrons. The second-order valence-corrected chi connectivity index (χ2v) is 13.4. The van der Waals surface area contributed by atoms with Crippen LogP contribution in [0.4, 0.5) is 0 Å². The van der Waals surface area contributed by atoms with Crippen molar-refractivity contribution < 1.29 is 4.79 Å². The minimum absolute atomic E-state index is 0.0700. The van der Waals surface area contributed by atoms with Crippen molar-refractivity contribution in [2.45, 2.75) is 102 Å². The van der Waals surface area contributed by atoms with E-state index in [1.54, 1.807) is 0 Å². The number of nitrogens with zero attached hydrogens (tertiary/aromatic N) is 1. The third kappa shape index (κ3) is 6.87. The first-order valence-electron chi connectivity index (χ1n) is 16.4. The van der Waals surface area contributed by atoms with Crippen LogP contribution in [0.2, 0.25) is 0 Å². The number of carbonyl (C=O) groups excluding carboxylic acids is 1.